The van der Waals surface area contributed by atoms with Crippen molar-refractivity contribution < 1.29 is 14.3 Å². The van der Waals surface area contributed by atoms with Crippen LogP contribution in [0.4, 0.5) is 5.00 Å². The fourth-order valence-corrected chi connectivity index (χ4v) is 4.23. The lowest BCUT2D eigenvalue weighted by Gasteiger charge is -2.02. The van der Waals surface area contributed by atoms with Crippen LogP contribution in [0.2, 0.25) is 0 Å². The Kier molecular flexibility index (Phi) is 5.80. The van der Waals surface area contributed by atoms with Crippen molar-refractivity contribution in [2.45, 2.75) is 10.1 Å². The van der Waals surface area contributed by atoms with Gasteiger partial charge in [0.25, 0.3) is 0 Å². The first-order chi connectivity index (χ1) is 12.6. The highest BCUT2D eigenvalue weighted by Gasteiger charge is 2.12. The molecule has 0 fully saturated rings. The number of anilines is 1. The van der Waals surface area contributed by atoms with Gasteiger partial charge in [0.2, 0.25) is 0 Å². The van der Waals surface area contributed by atoms with Crippen molar-refractivity contribution in [1.29, 1.82) is 0 Å². The van der Waals surface area contributed by atoms with Crippen LogP contribution in [0, 0.1) is 0 Å². The Morgan fingerprint density at radius 3 is 2.42 bits per heavy atom. The Morgan fingerprint density at radius 2 is 1.81 bits per heavy atom. The van der Waals surface area contributed by atoms with Crippen LogP contribution in [0.3, 0.4) is 0 Å². The first kappa shape index (κ1) is 18.3. The zero-order chi connectivity index (χ0) is 18.5. The lowest BCUT2D eigenvalue weighted by Crippen LogP contribution is -2.00. The third kappa shape index (κ3) is 4.17. The normalized spacial score (nSPS) is 10.5. The first-order valence-corrected chi connectivity index (χ1v) is 9.61. The molecule has 0 bridgehead atoms. The van der Waals surface area contributed by atoms with Gasteiger partial charge in [-0.05, 0) is 42.0 Å². The molecule has 0 aliphatic rings. The summed E-state index contributed by atoms with van der Waals surface area (Å²) in [4.78, 5) is 16.1. The number of nitrogen functional groups attached to an aromatic ring is 1. The summed E-state index contributed by atoms with van der Waals surface area (Å²) in [7, 11) is 3.01. The maximum Gasteiger partial charge on any atom is 0.337 e. The smallest absolute Gasteiger partial charge is 0.337 e. The van der Waals surface area contributed by atoms with Gasteiger partial charge in [-0.2, -0.15) is 0 Å². The van der Waals surface area contributed by atoms with Gasteiger partial charge in [-0.15, -0.1) is 0 Å². The molecule has 0 aliphatic carbocycles. The SMILES string of the molecule is COC(=O)c1ccc(CSc2nc(-c3ccc(OC)cc3)c(N)s2)cc1. The molecule has 0 saturated carbocycles. The Labute approximate surface area is 160 Å². The second-order valence-corrected chi connectivity index (χ2v) is 7.65. The summed E-state index contributed by atoms with van der Waals surface area (Å²) in [5.74, 6) is 1.21. The van der Waals surface area contributed by atoms with Crippen LogP contribution in [0.25, 0.3) is 11.3 Å². The molecule has 0 spiro atoms. The number of ether oxygens (including phenoxy) is 2. The molecular weight excluding hydrogens is 368 g/mol. The molecular formula is C19H18N2O3S2. The van der Waals surface area contributed by atoms with Gasteiger partial charge >= 0.3 is 5.97 Å². The number of aromatic nitrogens is 1. The minimum Gasteiger partial charge on any atom is -0.497 e. The predicted octanol–water partition coefficient (Wildman–Crippen LogP) is 4.48. The number of thioether (sulfide) groups is 1. The van der Waals surface area contributed by atoms with Crippen molar-refractivity contribution in [3.8, 4) is 17.0 Å². The van der Waals surface area contributed by atoms with Crippen molar-refractivity contribution in [1.82, 2.24) is 4.98 Å². The molecule has 134 valence electrons. The van der Waals surface area contributed by atoms with Crippen molar-refractivity contribution in [2.75, 3.05) is 20.0 Å². The minimum atomic E-state index is -0.332. The summed E-state index contributed by atoms with van der Waals surface area (Å²) >= 11 is 3.09. The zero-order valence-corrected chi connectivity index (χ0v) is 16.0. The number of thiazole rings is 1. The Morgan fingerprint density at radius 1 is 1.12 bits per heavy atom. The average molecular weight is 386 g/mol. The lowest BCUT2D eigenvalue weighted by atomic mass is 10.1. The quantitative estimate of drug-likeness (QED) is 0.497. The van der Waals surface area contributed by atoms with E-state index in [1.165, 1.54) is 18.4 Å². The summed E-state index contributed by atoms with van der Waals surface area (Å²) < 4.78 is 10.8. The van der Waals surface area contributed by atoms with Crippen LogP contribution in [-0.2, 0) is 10.5 Å². The van der Waals surface area contributed by atoms with E-state index >= 15 is 0 Å². The highest BCUT2D eigenvalue weighted by molar-refractivity contribution is 8.00. The van der Waals surface area contributed by atoms with Gasteiger partial charge in [0.15, 0.2) is 4.34 Å². The van der Waals surface area contributed by atoms with E-state index in [0.717, 1.165) is 32.7 Å². The van der Waals surface area contributed by atoms with Crippen LogP contribution in [0.5, 0.6) is 5.75 Å². The Balaban J connectivity index is 1.68. The van der Waals surface area contributed by atoms with E-state index in [-0.39, 0.29) is 5.97 Å². The minimum absolute atomic E-state index is 0.332. The maximum absolute atomic E-state index is 11.5. The summed E-state index contributed by atoms with van der Waals surface area (Å²) in [5, 5.41) is 0.693. The van der Waals surface area contributed by atoms with E-state index < -0.39 is 0 Å². The molecule has 0 atom stereocenters. The van der Waals surface area contributed by atoms with E-state index in [1.54, 1.807) is 31.0 Å². The summed E-state index contributed by atoms with van der Waals surface area (Å²) in [5.41, 5.74) is 9.54. The van der Waals surface area contributed by atoms with Crippen molar-refractivity contribution >= 4 is 34.1 Å². The number of esters is 1. The number of hydrogen-bond acceptors (Lipinski definition) is 7. The predicted molar refractivity (Wildman–Crippen MR) is 106 cm³/mol. The third-order valence-corrected chi connectivity index (χ3v) is 5.83. The van der Waals surface area contributed by atoms with Gasteiger partial charge in [-0.3, -0.25) is 0 Å². The first-order valence-electron chi connectivity index (χ1n) is 7.81. The van der Waals surface area contributed by atoms with Gasteiger partial charge < -0.3 is 15.2 Å². The number of carbonyl (C=O) groups excluding carboxylic acids is 1. The van der Waals surface area contributed by atoms with Crippen LogP contribution >= 0.6 is 23.1 Å². The van der Waals surface area contributed by atoms with Gasteiger partial charge in [-0.1, -0.05) is 35.2 Å². The third-order valence-electron chi connectivity index (χ3n) is 3.73. The van der Waals surface area contributed by atoms with Crippen LogP contribution < -0.4 is 10.5 Å². The zero-order valence-electron chi connectivity index (χ0n) is 14.4. The highest BCUT2D eigenvalue weighted by atomic mass is 32.2. The van der Waals surface area contributed by atoms with Crippen LogP contribution in [0.15, 0.2) is 52.9 Å². The van der Waals surface area contributed by atoms with Crippen molar-refractivity contribution in [3.63, 3.8) is 0 Å². The number of nitrogens with two attached hydrogens (primary N) is 1. The van der Waals surface area contributed by atoms with Gasteiger partial charge in [0.1, 0.15) is 16.4 Å². The topological polar surface area (TPSA) is 74.4 Å². The fraction of sp³-hybridized carbons (Fsp3) is 0.158. The molecule has 2 aromatic carbocycles. The molecule has 1 heterocycles. The number of carbonyl (C=O) groups is 1. The molecule has 3 aromatic rings. The summed E-state index contributed by atoms with van der Waals surface area (Å²) in [6.07, 6.45) is 0. The Hall–Kier alpha value is -2.51. The van der Waals surface area contributed by atoms with Crippen LogP contribution in [0.1, 0.15) is 15.9 Å². The molecule has 0 amide bonds. The molecule has 3 rings (SSSR count). The number of rotatable bonds is 6. The molecule has 0 unspecified atom stereocenters. The van der Waals surface area contributed by atoms with Gasteiger partial charge in [0.05, 0.1) is 19.8 Å². The molecule has 7 heteroatoms. The molecule has 0 saturated heterocycles. The highest BCUT2D eigenvalue weighted by Crippen LogP contribution is 2.37. The second-order valence-electron chi connectivity index (χ2n) is 5.40. The monoisotopic (exact) mass is 386 g/mol. The van der Waals surface area contributed by atoms with Crippen molar-refractivity contribution in [3.05, 3.63) is 59.7 Å². The molecule has 1 aromatic heterocycles. The maximum atomic E-state index is 11.5. The number of nitrogens with zero attached hydrogens (tertiary/aromatic N) is 1. The number of methoxy groups -OCH3 is 2. The summed E-state index contributed by atoms with van der Waals surface area (Å²) in [6, 6.07) is 15.0. The van der Waals surface area contributed by atoms with Gasteiger partial charge in [-0.25, -0.2) is 9.78 Å². The van der Waals surface area contributed by atoms with E-state index in [4.69, 9.17) is 15.2 Å². The van der Waals surface area contributed by atoms with E-state index in [9.17, 15) is 4.79 Å². The standard InChI is InChI=1S/C19H18N2O3S2/c1-23-15-9-7-13(8-10-15)16-17(20)26-19(21-16)25-11-12-3-5-14(6-4-12)18(22)24-2/h3-10H,11,20H2,1-2H3. The fourth-order valence-electron chi connectivity index (χ4n) is 2.33. The average Bonchev–Trinajstić information content (AvgIpc) is 3.07. The van der Waals surface area contributed by atoms with Gasteiger partial charge in [0, 0.05) is 11.3 Å². The number of benzene rings is 2. The Bertz CT molecular complexity index is 890. The molecule has 5 nitrogen and oxygen atoms in total. The van der Waals surface area contributed by atoms with Crippen LogP contribution in [-0.4, -0.2) is 25.2 Å². The van der Waals surface area contributed by atoms with E-state index in [0.29, 0.717) is 10.6 Å². The molecule has 2 N–H and O–H groups in total. The largest absolute Gasteiger partial charge is 0.497 e. The van der Waals surface area contributed by atoms with E-state index in [1.807, 2.05) is 36.4 Å². The molecule has 0 aliphatic heterocycles. The molecule has 0 radical (unpaired) electrons. The molecule has 26 heavy (non-hydrogen) atoms. The lowest BCUT2D eigenvalue weighted by molar-refractivity contribution is 0.0600. The second kappa shape index (κ2) is 8.25. The number of hydrogen-bond donors (Lipinski definition) is 1. The van der Waals surface area contributed by atoms with E-state index in [2.05, 4.69) is 4.98 Å². The van der Waals surface area contributed by atoms with Crippen molar-refractivity contribution in [2.24, 2.45) is 0 Å². The summed E-state index contributed by atoms with van der Waals surface area (Å²) in [6.45, 7) is 0.